The number of nitrogens with zero attached hydrogens (tertiary/aromatic N) is 1. The van der Waals surface area contributed by atoms with Gasteiger partial charge in [0.25, 0.3) is 5.91 Å². The van der Waals surface area contributed by atoms with Gasteiger partial charge in [0.1, 0.15) is 0 Å². The molecule has 18 heavy (non-hydrogen) atoms. The number of rotatable bonds is 10. The van der Waals surface area contributed by atoms with E-state index in [-0.39, 0.29) is 5.91 Å². The smallest absolute Gasteiger partial charge is 0.267 e. The third kappa shape index (κ3) is 7.45. The third-order valence-corrected chi connectivity index (χ3v) is 2.59. The Hall–Kier alpha value is -0.870. The predicted octanol–water partition coefficient (Wildman–Crippen LogP) is 2.78. The molecule has 0 aliphatic carbocycles. The van der Waals surface area contributed by atoms with Crippen LogP contribution in [0.25, 0.3) is 0 Å². The summed E-state index contributed by atoms with van der Waals surface area (Å²) in [6.07, 6.45) is 7.29. The Balaban J connectivity index is 4.36. The summed E-state index contributed by atoms with van der Waals surface area (Å²) >= 11 is 0. The van der Waals surface area contributed by atoms with Crippen LogP contribution in [0.3, 0.4) is 0 Å². The van der Waals surface area contributed by atoms with Crippen LogP contribution in [0.2, 0.25) is 0 Å². The molecule has 106 valence electrons. The van der Waals surface area contributed by atoms with Gasteiger partial charge in [-0.2, -0.15) is 0 Å². The number of allylic oxidation sites excluding steroid dienone is 1. The first-order valence-corrected chi connectivity index (χ1v) is 7.15. The summed E-state index contributed by atoms with van der Waals surface area (Å²) in [6.45, 7) is 9.80. The molecule has 0 aromatic heterocycles. The summed E-state index contributed by atoms with van der Waals surface area (Å²) in [5.74, 6) is 0.0213. The van der Waals surface area contributed by atoms with Gasteiger partial charge in [0, 0.05) is 18.7 Å². The Morgan fingerprint density at radius 2 is 1.61 bits per heavy atom. The molecule has 0 aromatic carbocycles. The van der Waals surface area contributed by atoms with E-state index >= 15 is 0 Å². The average molecular weight is 255 g/mol. The highest BCUT2D eigenvalue weighted by atomic mass is 16.2. The van der Waals surface area contributed by atoms with Gasteiger partial charge >= 0.3 is 0 Å². The number of amides is 1. The van der Waals surface area contributed by atoms with Crippen molar-refractivity contribution in [3.8, 4) is 0 Å². The minimum Gasteiger partial charge on any atom is -0.267 e. The fourth-order valence-electron chi connectivity index (χ4n) is 1.43. The molecule has 0 aromatic rings. The number of hydrogen-bond donors (Lipinski definition) is 2. The van der Waals surface area contributed by atoms with Crippen molar-refractivity contribution in [2.24, 2.45) is 0 Å². The highest BCUT2D eigenvalue weighted by Gasteiger charge is 2.13. The normalized spacial score (nSPS) is 11.7. The molecular formula is C14H29N3O. The fourth-order valence-corrected chi connectivity index (χ4v) is 1.43. The van der Waals surface area contributed by atoms with Crippen LogP contribution in [-0.4, -0.2) is 24.1 Å². The molecule has 0 saturated heterocycles. The SMILES string of the molecule is CCCCC=C(C)C(=O)N(NCCC)NCCC. The number of unbranched alkanes of at least 4 members (excludes halogenated alkanes) is 2. The van der Waals surface area contributed by atoms with Crippen LogP contribution in [0.4, 0.5) is 0 Å². The van der Waals surface area contributed by atoms with Crippen LogP contribution < -0.4 is 10.9 Å². The molecule has 0 spiro atoms. The Kier molecular flexibility index (Phi) is 10.7. The van der Waals surface area contributed by atoms with E-state index in [4.69, 9.17) is 0 Å². The fraction of sp³-hybridized carbons (Fsp3) is 0.786. The summed E-state index contributed by atoms with van der Waals surface area (Å²) in [5, 5.41) is 1.53. The van der Waals surface area contributed by atoms with Crippen molar-refractivity contribution in [1.29, 1.82) is 0 Å². The maximum atomic E-state index is 12.2. The summed E-state index contributed by atoms with van der Waals surface area (Å²) in [4.78, 5) is 12.2. The minimum atomic E-state index is 0.0213. The molecule has 4 nitrogen and oxygen atoms in total. The molecule has 0 aliphatic rings. The third-order valence-electron chi connectivity index (χ3n) is 2.59. The molecule has 0 bridgehead atoms. The molecule has 0 unspecified atom stereocenters. The largest absolute Gasteiger partial charge is 0.278 e. The van der Waals surface area contributed by atoms with Crippen molar-refractivity contribution in [3.05, 3.63) is 11.6 Å². The van der Waals surface area contributed by atoms with Gasteiger partial charge in [0.05, 0.1) is 0 Å². The Labute approximate surface area is 112 Å². The molecule has 2 N–H and O–H groups in total. The van der Waals surface area contributed by atoms with Gasteiger partial charge in [-0.25, -0.2) is 16.0 Å². The molecule has 0 fully saturated rings. The van der Waals surface area contributed by atoms with Crippen LogP contribution in [0.15, 0.2) is 11.6 Å². The first-order chi connectivity index (χ1) is 8.67. The van der Waals surface area contributed by atoms with E-state index in [2.05, 4.69) is 31.6 Å². The molecule has 0 radical (unpaired) electrons. The lowest BCUT2D eigenvalue weighted by atomic mass is 10.2. The lowest BCUT2D eigenvalue weighted by molar-refractivity contribution is -0.134. The van der Waals surface area contributed by atoms with E-state index in [0.717, 1.165) is 50.8 Å². The Morgan fingerprint density at radius 3 is 2.06 bits per heavy atom. The molecule has 0 atom stereocenters. The van der Waals surface area contributed by atoms with Crippen LogP contribution in [0.1, 0.15) is 59.8 Å². The maximum absolute atomic E-state index is 12.2. The van der Waals surface area contributed by atoms with E-state index in [0.29, 0.717) is 0 Å². The Bertz CT molecular complexity index is 243. The van der Waals surface area contributed by atoms with Gasteiger partial charge in [-0.3, -0.25) is 4.79 Å². The lowest BCUT2D eigenvalue weighted by Gasteiger charge is -2.24. The predicted molar refractivity (Wildman–Crippen MR) is 76.7 cm³/mol. The van der Waals surface area contributed by atoms with Crippen molar-refractivity contribution in [2.45, 2.75) is 59.8 Å². The standard InChI is InChI=1S/C14H29N3O/c1-5-8-9-10-13(4)14(18)17(15-11-6-2)16-12-7-3/h10,15-16H,5-9,11-12H2,1-4H3. The molecular weight excluding hydrogens is 226 g/mol. The van der Waals surface area contributed by atoms with Crippen molar-refractivity contribution in [1.82, 2.24) is 16.0 Å². The first kappa shape index (κ1) is 17.1. The second-order valence-corrected chi connectivity index (χ2v) is 4.49. The van der Waals surface area contributed by atoms with E-state index < -0.39 is 0 Å². The van der Waals surface area contributed by atoms with Gasteiger partial charge in [-0.1, -0.05) is 39.7 Å². The quantitative estimate of drug-likeness (QED) is 0.358. The summed E-state index contributed by atoms with van der Waals surface area (Å²) in [5.41, 5.74) is 7.02. The molecule has 0 aliphatic heterocycles. The van der Waals surface area contributed by atoms with Gasteiger partial charge < -0.3 is 0 Å². The summed E-state index contributed by atoms with van der Waals surface area (Å²) in [7, 11) is 0. The first-order valence-electron chi connectivity index (χ1n) is 7.15. The second kappa shape index (κ2) is 11.2. The number of hydrazine groups is 2. The molecule has 1 amide bonds. The molecule has 0 rings (SSSR count). The monoisotopic (exact) mass is 255 g/mol. The highest BCUT2D eigenvalue weighted by Crippen LogP contribution is 2.03. The van der Waals surface area contributed by atoms with Crippen LogP contribution in [0, 0.1) is 0 Å². The zero-order valence-electron chi connectivity index (χ0n) is 12.4. The van der Waals surface area contributed by atoms with Crippen LogP contribution in [0.5, 0.6) is 0 Å². The van der Waals surface area contributed by atoms with E-state index in [1.54, 1.807) is 0 Å². The lowest BCUT2D eigenvalue weighted by Crippen LogP contribution is -2.52. The average Bonchev–Trinajstić information content (AvgIpc) is 2.38. The topological polar surface area (TPSA) is 44.4 Å². The van der Waals surface area contributed by atoms with E-state index in [9.17, 15) is 4.79 Å². The number of carbonyl (C=O) groups excluding carboxylic acids is 1. The van der Waals surface area contributed by atoms with Crippen LogP contribution >= 0.6 is 0 Å². The summed E-state index contributed by atoms with van der Waals surface area (Å²) in [6, 6.07) is 0. The zero-order valence-corrected chi connectivity index (χ0v) is 12.4. The number of hydrogen-bond acceptors (Lipinski definition) is 3. The van der Waals surface area contributed by atoms with Gasteiger partial charge in [0.2, 0.25) is 0 Å². The van der Waals surface area contributed by atoms with Gasteiger partial charge in [-0.15, -0.1) is 0 Å². The maximum Gasteiger partial charge on any atom is 0.278 e. The van der Waals surface area contributed by atoms with Crippen molar-refractivity contribution < 1.29 is 4.79 Å². The zero-order chi connectivity index (χ0) is 13.8. The van der Waals surface area contributed by atoms with Crippen molar-refractivity contribution in [2.75, 3.05) is 13.1 Å². The van der Waals surface area contributed by atoms with E-state index in [1.165, 1.54) is 5.12 Å². The number of nitrogens with one attached hydrogen (secondary N) is 2. The molecule has 4 heteroatoms. The van der Waals surface area contributed by atoms with Gasteiger partial charge in [0.15, 0.2) is 0 Å². The van der Waals surface area contributed by atoms with Gasteiger partial charge in [-0.05, 0) is 26.2 Å². The Morgan fingerprint density at radius 1 is 1.06 bits per heavy atom. The molecule has 0 heterocycles. The number of carbonyl (C=O) groups is 1. The van der Waals surface area contributed by atoms with Crippen LogP contribution in [-0.2, 0) is 4.79 Å². The molecule has 0 saturated carbocycles. The summed E-state index contributed by atoms with van der Waals surface area (Å²) < 4.78 is 0. The van der Waals surface area contributed by atoms with E-state index in [1.807, 2.05) is 13.0 Å². The van der Waals surface area contributed by atoms with Crippen molar-refractivity contribution >= 4 is 5.91 Å². The second-order valence-electron chi connectivity index (χ2n) is 4.49. The highest BCUT2D eigenvalue weighted by molar-refractivity contribution is 5.92. The minimum absolute atomic E-state index is 0.0213. The van der Waals surface area contributed by atoms with Crippen molar-refractivity contribution in [3.63, 3.8) is 0 Å².